The van der Waals surface area contributed by atoms with E-state index >= 15 is 0 Å². The van der Waals surface area contributed by atoms with Crippen molar-refractivity contribution in [2.24, 2.45) is 5.92 Å². The zero-order valence-corrected chi connectivity index (χ0v) is 12.6. The second-order valence-electron chi connectivity index (χ2n) is 5.12. The number of aliphatic hydroxyl groups excluding tert-OH is 1. The van der Waals surface area contributed by atoms with Crippen LogP contribution in [0.15, 0.2) is 22.7 Å². The van der Waals surface area contributed by atoms with E-state index in [2.05, 4.69) is 26.6 Å². The van der Waals surface area contributed by atoms with Crippen molar-refractivity contribution in [1.82, 2.24) is 5.32 Å². The van der Waals surface area contributed by atoms with Crippen molar-refractivity contribution in [3.05, 3.63) is 28.5 Å². The summed E-state index contributed by atoms with van der Waals surface area (Å²) in [5, 5.41) is 14.7. The molecule has 1 saturated carbocycles. The maximum Gasteiger partial charge on any atom is 0.319 e. The number of nitrogens with one attached hydrogen (secondary N) is 2. The van der Waals surface area contributed by atoms with Gasteiger partial charge in [-0.1, -0.05) is 0 Å². The van der Waals surface area contributed by atoms with Gasteiger partial charge in [-0.3, -0.25) is 0 Å². The standard InChI is InChI=1S/C14H18BrFN2O2/c15-12-7-10(16)3-6-13(12)18-14(20)17-11-4-1-9(8-19)2-5-11/h3,6-7,9,11,19H,1-2,4-5,8H2,(H2,17,18,20). The van der Waals surface area contributed by atoms with Gasteiger partial charge in [0.15, 0.2) is 0 Å². The molecule has 2 rings (SSSR count). The summed E-state index contributed by atoms with van der Waals surface area (Å²) >= 11 is 3.21. The zero-order chi connectivity index (χ0) is 14.5. The summed E-state index contributed by atoms with van der Waals surface area (Å²) in [5.74, 6) is 0.00696. The number of urea groups is 1. The summed E-state index contributed by atoms with van der Waals surface area (Å²) in [6, 6.07) is 3.97. The van der Waals surface area contributed by atoms with E-state index in [0.717, 1.165) is 25.7 Å². The fourth-order valence-corrected chi connectivity index (χ4v) is 2.87. The Morgan fingerprint density at radius 1 is 1.35 bits per heavy atom. The van der Waals surface area contributed by atoms with Crippen molar-refractivity contribution in [3.8, 4) is 0 Å². The molecule has 0 aliphatic heterocycles. The first-order valence-electron chi connectivity index (χ1n) is 6.72. The molecule has 1 fully saturated rings. The molecule has 20 heavy (non-hydrogen) atoms. The van der Waals surface area contributed by atoms with Gasteiger partial charge in [0, 0.05) is 17.1 Å². The number of benzene rings is 1. The minimum atomic E-state index is -0.356. The molecule has 0 heterocycles. The van der Waals surface area contributed by atoms with E-state index in [1.54, 1.807) is 0 Å². The van der Waals surface area contributed by atoms with Gasteiger partial charge < -0.3 is 15.7 Å². The molecule has 2 amide bonds. The average molecular weight is 345 g/mol. The summed E-state index contributed by atoms with van der Waals surface area (Å²) in [4.78, 5) is 11.9. The normalized spacial score (nSPS) is 22.4. The number of aliphatic hydroxyl groups is 1. The van der Waals surface area contributed by atoms with Crippen LogP contribution in [0.4, 0.5) is 14.9 Å². The Morgan fingerprint density at radius 2 is 2.05 bits per heavy atom. The minimum absolute atomic E-state index is 0.136. The average Bonchev–Trinajstić information content (AvgIpc) is 2.43. The Morgan fingerprint density at radius 3 is 2.65 bits per heavy atom. The van der Waals surface area contributed by atoms with Gasteiger partial charge in [0.2, 0.25) is 0 Å². The summed E-state index contributed by atoms with van der Waals surface area (Å²) in [6.45, 7) is 0.224. The maximum atomic E-state index is 12.9. The van der Waals surface area contributed by atoms with Crippen LogP contribution in [0, 0.1) is 11.7 Å². The van der Waals surface area contributed by atoms with Gasteiger partial charge in [0.05, 0.1) is 5.69 Å². The molecule has 6 heteroatoms. The van der Waals surface area contributed by atoms with Gasteiger partial charge in [0.1, 0.15) is 5.82 Å². The third-order valence-electron chi connectivity index (χ3n) is 3.62. The van der Waals surface area contributed by atoms with Gasteiger partial charge in [-0.05, 0) is 65.7 Å². The fourth-order valence-electron chi connectivity index (χ4n) is 2.42. The monoisotopic (exact) mass is 344 g/mol. The highest BCUT2D eigenvalue weighted by atomic mass is 79.9. The number of rotatable bonds is 3. The Labute approximate surface area is 125 Å². The molecule has 1 aliphatic carbocycles. The molecule has 110 valence electrons. The topological polar surface area (TPSA) is 61.4 Å². The SMILES string of the molecule is O=C(Nc1ccc(F)cc1Br)NC1CCC(CO)CC1. The smallest absolute Gasteiger partial charge is 0.319 e. The van der Waals surface area contributed by atoms with Crippen LogP contribution in [-0.4, -0.2) is 23.8 Å². The number of anilines is 1. The maximum absolute atomic E-state index is 12.9. The van der Waals surface area contributed by atoms with Crippen molar-refractivity contribution in [2.45, 2.75) is 31.7 Å². The van der Waals surface area contributed by atoms with Gasteiger partial charge in [-0.2, -0.15) is 0 Å². The van der Waals surface area contributed by atoms with E-state index < -0.39 is 0 Å². The minimum Gasteiger partial charge on any atom is -0.396 e. The lowest BCUT2D eigenvalue weighted by Gasteiger charge is -2.28. The second kappa shape index (κ2) is 7.04. The quantitative estimate of drug-likeness (QED) is 0.788. The van der Waals surface area contributed by atoms with Crippen molar-refractivity contribution in [3.63, 3.8) is 0 Å². The van der Waals surface area contributed by atoms with Crippen molar-refractivity contribution < 1.29 is 14.3 Å². The molecule has 1 aromatic rings. The summed E-state index contributed by atoms with van der Waals surface area (Å²) in [5.41, 5.74) is 0.535. The first-order valence-corrected chi connectivity index (χ1v) is 7.51. The van der Waals surface area contributed by atoms with Crippen molar-refractivity contribution >= 4 is 27.6 Å². The highest BCUT2D eigenvalue weighted by Gasteiger charge is 2.21. The predicted octanol–water partition coefficient (Wildman–Crippen LogP) is 3.26. The Balaban J connectivity index is 1.84. The molecule has 0 aromatic heterocycles. The van der Waals surface area contributed by atoms with Crippen LogP contribution in [-0.2, 0) is 0 Å². The third kappa shape index (κ3) is 4.18. The van der Waals surface area contributed by atoms with Crippen LogP contribution in [0.1, 0.15) is 25.7 Å². The molecule has 1 aromatic carbocycles. The fraction of sp³-hybridized carbons (Fsp3) is 0.500. The van der Waals surface area contributed by atoms with Crippen LogP contribution in [0.25, 0.3) is 0 Å². The number of amides is 2. The third-order valence-corrected chi connectivity index (χ3v) is 4.28. The number of hydrogen-bond acceptors (Lipinski definition) is 2. The zero-order valence-electron chi connectivity index (χ0n) is 11.0. The van der Waals surface area contributed by atoms with Crippen LogP contribution in [0.2, 0.25) is 0 Å². The Hall–Kier alpha value is -1.14. The highest BCUT2D eigenvalue weighted by Crippen LogP contribution is 2.25. The molecule has 0 unspecified atom stereocenters. The lowest BCUT2D eigenvalue weighted by molar-refractivity contribution is 0.176. The van der Waals surface area contributed by atoms with Crippen LogP contribution >= 0.6 is 15.9 Å². The van der Waals surface area contributed by atoms with E-state index in [4.69, 9.17) is 5.11 Å². The molecule has 0 bridgehead atoms. The predicted molar refractivity (Wildman–Crippen MR) is 79.1 cm³/mol. The second-order valence-corrected chi connectivity index (χ2v) is 5.98. The highest BCUT2D eigenvalue weighted by molar-refractivity contribution is 9.10. The van der Waals surface area contributed by atoms with Gasteiger partial charge >= 0.3 is 6.03 Å². The summed E-state index contributed by atoms with van der Waals surface area (Å²) in [7, 11) is 0. The van der Waals surface area contributed by atoms with Crippen LogP contribution in [0.3, 0.4) is 0 Å². The van der Waals surface area contributed by atoms with Gasteiger partial charge in [-0.25, -0.2) is 9.18 Å². The number of halogens is 2. The van der Waals surface area contributed by atoms with E-state index in [-0.39, 0.29) is 24.5 Å². The first-order chi connectivity index (χ1) is 9.58. The molecule has 0 spiro atoms. The molecule has 1 aliphatic rings. The largest absolute Gasteiger partial charge is 0.396 e. The van der Waals surface area contributed by atoms with E-state index in [1.165, 1.54) is 18.2 Å². The lowest BCUT2D eigenvalue weighted by atomic mass is 9.87. The Bertz CT molecular complexity index is 476. The van der Waals surface area contributed by atoms with E-state index in [1.807, 2.05) is 0 Å². The number of hydrogen-bond donors (Lipinski definition) is 3. The molecule has 0 radical (unpaired) electrons. The molecule has 0 atom stereocenters. The first kappa shape index (κ1) is 15.3. The molecule has 3 N–H and O–H groups in total. The molecule has 4 nitrogen and oxygen atoms in total. The van der Waals surface area contributed by atoms with Gasteiger partial charge in [0.25, 0.3) is 0 Å². The Kier molecular flexibility index (Phi) is 5.37. The molecular weight excluding hydrogens is 327 g/mol. The van der Waals surface area contributed by atoms with E-state index in [0.29, 0.717) is 16.1 Å². The lowest BCUT2D eigenvalue weighted by Crippen LogP contribution is -2.40. The summed E-state index contributed by atoms with van der Waals surface area (Å²) in [6.07, 6.45) is 3.62. The van der Waals surface area contributed by atoms with E-state index in [9.17, 15) is 9.18 Å². The molecular formula is C14H18BrFN2O2. The summed E-state index contributed by atoms with van der Waals surface area (Å²) < 4.78 is 13.5. The van der Waals surface area contributed by atoms with Crippen LogP contribution < -0.4 is 10.6 Å². The van der Waals surface area contributed by atoms with Gasteiger partial charge in [-0.15, -0.1) is 0 Å². The van der Waals surface area contributed by atoms with Crippen molar-refractivity contribution in [2.75, 3.05) is 11.9 Å². The number of carbonyl (C=O) groups is 1. The van der Waals surface area contributed by atoms with Crippen molar-refractivity contribution in [1.29, 1.82) is 0 Å². The number of carbonyl (C=O) groups excluding carboxylic acids is 1. The van der Waals surface area contributed by atoms with Crippen LogP contribution in [0.5, 0.6) is 0 Å². The molecule has 0 saturated heterocycles.